The molecule has 0 amide bonds. The number of fused-ring (bicyclic) bond motifs is 1. The molecule has 6 heteroatoms. The van der Waals surface area contributed by atoms with Crippen LogP contribution in [0, 0.1) is 0 Å². The van der Waals surface area contributed by atoms with Crippen LogP contribution in [0.4, 0.5) is 0 Å². The number of aryl methyl sites for hydroxylation is 1. The summed E-state index contributed by atoms with van der Waals surface area (Å²) in [5.74, 6) is 0.691. The fourth-order valence-electron chi connectivity index (χ4n) is 3.00. The van der Waals surface area contributed by atoms with E-state index < -0.39 is 5.97 Å². The van der Waals surface area contributed by atoms with Gasteiger partial charge in [-0.3, -0.25) is 14.2 Å². The van der Waals surface area contributed by atoms with E-state index in [0.717, 1.165) is 5.56 Å². The number of esters is 1. The summed E-state index contributed by atoms with van der Waals surface area (Å²) in [5, 5.41) is 0.527. The molecule has 0 atom stereocenters. The first kappa shape index (κ1) is 19.4. The van der Waals surface area contributed by atoms with Gasteiger partial charge in [0.2, 0.25) is 0 Å². The highest BCUT2D eigenvalue weighted by Gasteiger charge is 2.09. The Hall–Kier alpha value is -3.93. The van der Waals surface area contributed by atoms with Crippen LogP contribution in [0.5, 0.6) is 11.5 Å². The third-order valence-electron chi connectivity index (χ3n) is 4.59. The molecule has 150 valence electrons. The maximum atomic E-state index is 12.5. The fourth-order valence-corrected chi connectivity index (χ4v) is 3.00. The highest BCUT2D eigenvalue weighted by Crippen LogP contribution is 2.19. The standard InChI is InChI=1S/C24H20N2O4/c27-23(14-15-26-17-25-22-9-5-4-8-21(22)24(26)28)30-20-12-10-19(11-13-20)29-16-18-6-2-1-3-7-18/h1-13,17H,14-16H2. The highest BCUT2D eigenvalue weighted by molar-refractivity contribution is 5.77. The molecule has 30 heavy (non-hydrogen) atoms. The summed E-state index contributed by atoms with van der Waals surface area (Å²) in [6.45, 7) is 0.669. The zero-order valence-corrected chi connectivity index (χ0v) is 16.2. The van der Waals surface area contributed by atoms with E-state index in [1.165, 1.54) is 10.9 Å². The predicted molar refractivity (Wildman–Crippen MR) is 113 cm³/mol. The molecule has 0 radical (unpaired) electrons. The van der Waals surface area contributed by atoms with Gasteiger partial charge in [0, 0.05) is 6.54 Å². The Bertz CT molecular complexity index is 1200. The third kappa shape index (κ3) is 4.72. The van der Waals surface area contributed by atoms with Gasteiger partial charge < -0.3 is 9.47 Å². The van der Waals surface area contributed by atoms with E-state index in [2.05, 4.69) is 4.98 Å². The second-order valence-corrected chi connectivity index (χ2v) is 6.73. The van der Waals surface area contributed by atoms with Crippen LogP contribution in [0.1, 0.15) is 12.0 Å². The van der Waals surface area contributed by atoms with Crippen molar-refractivity contribution < 1.29 is 14.3 Å². The maximum absolute atomic E-state index is 12.5. The maximum Gasteiger partial charge on any atom is 0.312 e. The predicted octanol–water partition coefficient (Wildman–Crippen LogP) is 3.97. The highest BCUT2D eigenvalue weighted by atomic mass is 16.5. The van der Waals surface area contributed by atoms with Crippen molar-refractivity contribution in [2.24, 2.45) is 0 Å². The molecule has 0 N–H and O–H groups in total. The van der Waals surface area contributed by atoms with Crippen LogP contribution in [-0.2, 0) is 17.9 Å². The quantitative estimate of drug-likeness (QED) is 0.347. The van der Waals surface area contributed by atoms with Gasteiger partial charge in [0.25, 0.3) is 5.56 Å². The fraction of sp³-hybridized carbons (Fsp3) is 0.125. The molecule has 0 saturated heterocycles. The molecule has 3 aromatic carbocycles. The van der Waals surface area contributed by atoms with E-state index in [-0.39, 0.29) is 18.5 Å². The van der Waals surface area contributed by atoms with Gasteiger partial charge >= 0.3 is 5.97 Å². The van der Waals surface area contributed by atoms with E-state index in [4.69, 9.17) is 9.47 Å². The van der Waals surface area contributed by atoms with Crippen LogP contribution >= 0.6 is 0 Å². The lowest BCUT2D eigenvalue weighted by Gasteiger charge is -2.09. The van der Waals surface area contributed by atoms with Crippen LogP contribution in [-0.4, -0.2) is 15.5 Å². The normalized spacial score (nSPS) is 10.7. The molecular weight excluding hydrogens is 380 g/mol. The van der Waals surface area contributed by atoms with Gasteiger partial charge in [0.05, 0.1) is 23.7 Å². The minimum absolute atomic E-state index is 0.0617. The molecule has 0 spiro atoms. The van der Waals surface area contributed by atoms with Crippen molar-refractivity contribution in [1.82, 2.24) is 9.55 Å². The molecule has 0 fully saturated rings. The first-order valence-corrected chi connectivity index (χ1v) is 9.61. The number of hydrogen-bond donors (Lipinski definition) is 0. The monoisotopic (exact) mass is 400 g/mol. The lowest BCUT2D eigenvalue weighted by Crippen LogP contribution is -2.23. The third-order valence-corrected chi connectivity index (χ3v) is 4.59. The van der Waals surface area contributed by atoms with Crippen molar-refractivity contribution in [1.29, 1.82) is 0 Å². The smallest absolute Gasteiger partial charge is 0.312 e. The van der Waals surface area contributed by atoms with Gasteiger partial charge in [0.15, 0.2) is 0 Å². The number of ether oxygens (including phenoxy) is 2. The number of para-hydroxylation sites is 1. The van der Waals surface area contributed by atoms with Gasteiger partial charge in [-0.1, -0.05) is 42.5 Å². The Morgan fingerprint density at radius 3 is 2.37 bits per heavy atom. The molecule has 4 rings (SSSR count). The largest absolute Gasteiger partial charge is 0.489 e. The summed E-state index contributed by atoms with van der Waals surface area (Å²) >= 11 is 0. The first-order valence-electron chi connectivity index (χ1n) is 9.61. The lowest BCUT2D eigenvalue weighted by molar-refractivity contribution is -0.134. The number of nitrogens with zero attached hydrogens (tertiary/aromatic N) is 2. The van der Waals surface area contributed by atoms with Crippen molar-refractivity contribution in [2.45, 2.75) is 19.6 Å². The Morgan fingerprint density at radius 2 is 1.57 bits per heavy atom. The Morgan fingerprint density at radius 1 is 0.867 bits per heavy atom. The second-order valence-electron chi connectivity index (χ2n) is 6.73. The molecule has 6 nitrogen and oxygen atoms in total. The van der Waals surface area contributed by atoms with Gasteiger partial charge in [-0.25, -0.2) is 4.98 Å². The van der Waals surface area contributed by atoms with E-state index in [1.54, 1.807) is 42.5 Å². The number of benzene rings is 3. The second kappa shape index (κ2) is 9.05. The minimum atomic E-state index is -0.423. The molecule has 0 bridgehead atoms. The zero-order chi connectivity index (χ0) is 20.8. The molecule has 1 aromatic heterocycles. The summed E-state index contributed by atoms with van der Waals surface area (Å²) in [6, 6.07) is 23.9. The lowest BCUT2D eigenvalue weighted by atomic mass is 10.2. The molecule has 1 heterocycles. The molecule has 4 aromatic rings. The summed E-state index contributed by atoms with van der Waals surface area (Å²) in [4.78, 5) is 28.9. The number of rotatable bonds is 7. The van der Waals surface area contributed by atoms with Crippen LogP contribution in [0.2, 0.25) is 0 Å². The molecule has 0 unspecified atom stereocenters. The minimum Gasteiger partial charge on any atom is -0.489 e. The van der Waals surface area contributed by atoms with Gasteiger partial charge in [-0.2, -0.15) is 0 Å². The number of aromatic nitrogens is 2. The number of carbonyl (C=O) groups excluding carboxylic acids is 1. The summed E-state index contributed by atoms with van der Waals surface area (Å²) in [6.07, 6.45) is 1.52. The van der Waals surface area contributed by atoms with Crippen molar-refractivity contribution in [3.63, 3.8) is 0 Å². The van der Waals surface area contributed by atoms with Crippen LogP contribution in [0.3, 0.4) is 0 Å². The molecule has 0 aliphatic carbocycles. The topological polar surface area (TPSA) is 70.4 Å². The first-order chi connectivity index (χ1) is 14.7. The van der Waals surface area contributed by atoms with Crippen molar-refractivity contribution in [3.8, 4) is 11.5 Å². The average Bonchev–Trinajstić information content (AvgIpc) is 2.79. The molecule has 0 aliphatic rings. The Kier molecular flexibility index (Phi) is 5.85. The summed E-state index contributed by atoms with van der Waals surface area (Å²) in [5.41, 5.74) is 1.54. The Balaban J connectivity index is 1.31. The van der Waals surface area contributed by atoms with E-state index in [0.29, 0.717) is 29.0 Å². The van der Waals surface area contributed by atoms with Crippen LogP contribution in [0.15, 0.2) is 90.0 Å². The van der Waals surface area contributed by atoms with E-state index >= 15 is 0 Å². The van der Waals surface area contributed by atoms with Crippen molar-refractivity contribution in [2.75, 3.05) is 0 Å². The van der Waals surface area contributed by atoms with E-state index in [9.17, 15) is 9.59 Å². The summed E-state index contributed by atoms with van der Waals surface area (Å²) in [7, 11) is 0. The summed E-state index contributed by atoms with van der Waals surface area (Å²) < 4.78 is 12.5. The zero-order valence-electron chi connectivity index (χ0n) is 16.2. The number of hydrogen-bond acceptors (Lipinski definition) is 5. The van der Waals surface area contributed by atoms with Gasteiger partial charge in [0.1, 0.15) is 18.1 Å². The number of carbonyl (C=O) groups is 1. The molecule has 0 aliphatic heterocycles. The Labute approximate surface area is 173 Å². The molecular formula is C24H20N2O4. The molecule has 0 saturated carbocycles. The van der Waals surface area contributed by atoms with Crippen molar-refractivity contribution in [3.05, 3.63) is 101 Å². The van der Waals surface area contributed by atoms with Gasteiger partial charge in [-0.05, 0) is 42.0 Å². The van der Waals surface area contributed by atoms with Gasteiger partial charge in [-0.15, -0.1) is 0 Å². The van der Waals surface area contributed by atoms with Crippen LogP contribution < -0.4 is 15.0 Å². The van der Waals surface area contributed by atoms with Crippen LogP contribution in [0.25, 0.3) is 10.9 Å². The van der Waals surface area contributed by atoms with Crippen molar-refractivity contribution >= 4 is 16.9 Å². The van der Waals surface area contributed by atoms with E-state index in [1.807, 2.05) is 36.4 Å². The average molecular weight is 400 g/mol. The SMILES string of the molecule is O=C(CCn1cnc2ccccc2c1=O)Oc1ccc(OCc2ccccc2)cc1.